The number of nitrogens with zero attached hydrogens (tertiary/aromatic N) is 3. The third-order valence-electron chi connectivity index (χ3n) is 4.43. The molecule has 2 heterocycles. The van der Waals surface area contributed by atoms with Crippen molar-refractivity contribution in [1.82, 2.24) is 25.1 Å². The van der Waals surface area contributed by atoms with Crippen LogP contribution in [0.4, 0.5) is 0 Å². The molecule has 4 rings (SSSR count). The monoisotopic (exact) mass is 345 g/mol. The highest BCUT2D eigenvalue weighted by Crippen LogP contribution is 2.22. The predicted octanol–water partition coefficient (Wildman–Crippen LogP) is 3.12. The largest absolute Gasteiger partial charge is 0.342 e. The molecule has 130 valence electrons. The van der Waals surface area contributed by atoms with Crippen LogP contribution in [-0.2, 0) is 7.05 Å². The molecule has 2 aromatic carbocycles. The Morgan fingerprint density at radius 2 is 1.96 bits per heavy atom. The van der Waals surface area contributed by atoms with Crippen LogP contribution in [0.2, 0.25) is 0 Å². The first kappa shape index (κ1) is 16.1. The standard InChI is InChI=1S/C20H19N5O/c1-13-22-16-9-8-15(12-17(16)23-13)20(26)24-19(14-6-4-3-5-7-14)18-10-11-21-25(18)2/h3-12,19H,1-2H3,(H,22,23)(H,24,26)/t19-/m0/s1. The second-order valence-corrected chi connectivity index (χ2v) is 6.25. The Labute approximate surface area is 150 Å². The van der Waals surface area contributed by atoms with Crippen LogP contribution in [0.25, 0.3) is 11.0 Å². The molecule has 6 heteroatoms. The van der Waals surface area contributed by atoms with E-state index in [-0.39, 0.29) is 11.9 Å². The molecule has 4 aromatic rings. The molecule has 1 atom stereocenters. The first-order valence-electron chi connectivity index (χ1n) is 8.42. The van der Waals surface area contributed by atoms with E-state index in [2.05, 4.69) is 20.4 Å². The number of nitrogens with one attached hydrogen (secondary N) is 2. The van der Waals surface area contributed by atoms with Gasteiger partial charge in [-0.2, -0.15) is 5.10 Å². The first-order chi connectivity index (χ1) is 12.6. The zero-order valence-corrected chi connectivity index (χ0v) is 14.6. The Morgan fingerprint density at radius 3 is 2.69 bits per heavy atom. The van der Waals surface area contributed by atoms with Crippen LogP contribution < -0.4 is 5.32 Å². The number of fused-ring (bicyclic) bond motifs is 1. The van der Waals surface area contributed by atoms with Crippen LogP contribution >= 0.6 is 0 Å². The van der Waals surface area contributed by atoms with Crippen LogP contribution in [0.15, 0.2) is 60.8 Å². The van der Waals surface area contributed by atoms with Crippen LogP contribution in [-0.4, -0.2) is 25.7 Å². The molecule has 0 fully saturated rings. The Morgan fingerprint density at radius 1 is 1.15 bits per heavy atom. The fraction of sp³-hybridized carbons (Fsp3) is 0.150. The number of imidazole rings is 1. The summed E-state index contributed by atoms with van der Waals surface area (Å²) in [5.74, 6) is 0.684. The molecular weight excluding hydrogens is 326 g/mol. The topological polar surface area (TPSA) is 75.6 Å². The van der Waals surface area contributed by atoms with Gasteiger partial charge < -0.3 is 10.3 Å². The zero-order chi connectivity index (χ0) is 18.1. The summed E-state index contributed by atoms with van der Waals surface area (Å²) >= 11 is 0. The van der Waals surface area contributed by atoms with E-state index in [1.807, 2.05) is 62.5 Å². The van der Waals surface area contributed by atoms with Gasteiger partial charge in [0, 0.05) is 18.8 Å². The van der Waals surface area contributed by atoms with Crippen molar-refractivity contribution in [2.24, 2.45) is 7.05 Å². The molecule has 1 amide bonds. The summed E-state index contributed by atoms with van der Waals surface area (Å²) in [7, 11) is 1.87. The number of aryl methyl sites for hydroxylation is 2. The van der Waals surface area contributed by atoms with Crippen LogP contribution in [0.3, 0.4) is 0 Å². The summed E-state index contributed by atoms with van der Waals surface area (Å²) in [5, 5.41) is 7.37. The van der Waals surface area contributed by atoms with Gasteiger partial charge in [-0.3, -0.25) is 9.48 Å². The van der Waals surface area contributed by atoms with Gasteiger partial charge in [0.1, 0.15) is 5.82 Å². The maximum atomic E-state index is 12.9. The average Bonchev–Trinajstić information content (AvgIpc) is 3.24. The second kappa shape index (κ2) is 6.48. The highest BCUT2D eigenvalue weighted by atomic mass is 16.1. The van der Waals surface area contributed by atoms with Crippen molar-refractivity contribution >= 4 is 16.9 Å². The van der Waals surface area contributed by atoms with Crippen molar-refractivity contribution in [3.05, 3.63) is 83.4 Å². The van der Waals surface area contributed by atoms with Gasteiger partial charge in [-0.15, -0.1) is 0 Å². The van der Waals surface area contributed by atoms with Crippen molar-refractivity contribution in [1.29, 1.82) is 0 Å². The van der Waals surface area contributed by atoms with Crippen molar-refractivity contribution in [2.75, 3.05) is 0 Å². The number of carbonyl (C=O) groups is 1. The summed E-state index contributed by atoms with van der Waals surface area (Å²) in [6.45, 7) is 1.90. The van der Waals surface area contributed by atoms with Crippen LogP contribution in [0.5, 0.6) is 0 Å². The van der Waals surface area contributed by atoms with E-state index in [4.69, 9.17) is 0 Å². The summed E-state index contributed by atoms with van der Waals surface area (Å²) < 4.78 is 1.78. The minimum atomic E-state index is -0.282. The second-order valence-electron chi connectivity index (χ2n) is 6.25. The molecule has 0 unspecified atom stereocenters. The lowest BCUT2D eigenvalue weighted by atomic mass is 10.0. The number of hydrogen-bond donors (Lipinski definition) is 2. The molecule has 0 radical (unpaired) electrons. The molecule has 0 aliphatic rings. The third-order valence-corrected chi connectivity index (χ3v) is 4.43. The van der Waals surface area contributed by atoms with Gasteiger partial charge in [-0.1, -0.05) is 30.3 Å². The lowest BCUT2D eigenvalue weighted by Crippen LogP contribution is -2.30. The predicted molar refractivity (Wildman–Crippen MR) is 99.8 cm³/mol. The Hall–Kier alpha value is -3.41. The van der Waals surface area contributed by atoms with Gasteiger partial charge in [0.2, 0.25) is 0 Å². The number of aromatic amines is 1. The van der Waals surface area contributed by atoms with Crippen molar-refractivity contribution in [2.45, 2.75) is 13.0 Å². The zero-order valence-electron chi connectivity index (χ0n) is 14.6. The number of benzene rings is 2. The van der Waals surface area contributed by atoms with Gasteiger partial charge in [0.25, 0.3) is 5.91 Å². The lowest BCUT2D eigenvalue weighted by Gasteiger charge is -2.19. The summed E-state index contributed by atoms with van der Waals surface area (Å²) in [5.41, 5.74) is 4.22. The van der Waals surface area contributed by atoms with Crippen molar-refractivity contribution < 1.29 is 4.79 Å². The lowest BCUT2D eigenvalue weighted by molar-refractivity contribution is 0.0942. The van der Waals surface area contributed by atoms with E-state index in [0.717, 1.165) is 28.1 Å². The van der Waals surface area contributed by atoms with Crippen LogP contribution in [0.1, 0.15) is 33.5 Å². The molecule has 0 saturated carbocycles. The molecule has 2 aromatic heterocycles. The quantitative estimate of drug-likeness (QED) is 0.597. The van der Waals surface area contributed by atoms with Crippen molar-refractivity contribution in [3.8, 4) is 0 Å². The molecule has 6 nitrogen and oxygen atoms in total. The highest BCUT2D eigenvalue weighted by molar-refractivity contribution is 5.97. The Bertz CT molecular complexity index is 1060. The minimum Gasteiger partial charge on any atom is -0.342 e. The van der Waals surface area contributed by atoms with E-state index in [1.54, 1.807) is 16.9 Å². The first-order valence-corrected chi connectivity index (χ1v) is 8.42. The normalized spacial score (nSPS) is 12.2. The molecule has 0 spiro atoms. The van der Waals surface area contributed by atoms with E-state index >= 15 is 0 Å². The number of hydrogen-bond acceptors (Lipinski definition) is 3. The number of amides is 1. The summed E-state index contributed by atoms with van der Waals surface area (Å²) in [6, 6.07) is 17.0. The third kappa shape index (κ3) is 2.97. The summed E-state index contributed by atoms with van der Waals surface area (Å²) in [6.07, 6.45) is 1.73. The van der Waals surface area contributed by atoms with E-state index in [0.29, 0.717) is 5.56 Å². The minimum absolute atomic E-state index is 0.144. The number of carbonyl (C=O) groups excluding carboxylic acids is 1. The van der Waals surface area contributed by atoms with Crippen molar-refractivity contribution in [3.63, 3.8) is 0 Å². The van der Waals surface area contributed by atoms with Gasteiger partial charge >= 0.3 is 0 Å². The maximum Gasteiger partial charge on any atom is 0.252 e. The average molecular weight is 345 g/mol. The Balaban J connectivity index is 1.68. The SMILES string of the molecule is Cc1nc2ccc(C(=O)N[C@@H](c3ccccc3)c3ccnn3C)cc2[nH]1. The Kier molecular flexibility index (Phi) is 4.01. The molecule has 2 N–H and O–H groups in total. The number of rotatable bonds is 4. The van der Waals surface area contributed by atoms with Gasteiger partial charge in [-0.05, 0) is 36.8 Å². The fourth-order valence-corrected chi connectivity index (χ4v) is 3.13. The van der Waals surface area contributed by atoms with E-state index in [9.17, 15) is 4.79 Å². The van der Waals surface area contributed by atoms with Gasteiger partial charge in [0.05, 0.1) is 22.8 Å². The molecule has 0 aliphatic carbocycles. The molecular formula is C20H19N5O. The molecule has 26 heavy (non-hydrogen) atoms. The van der Waals surface area contributed by atoms with E-state index in [1.165, 1.54) is 0 Å². The molecule has 0 bridgehead atoms. The van der Waals surface area contributed by atoms with Gasteiger partial charge in [-0.25, -0.2) is 4.98 Å². The van der Waals surface area contributed by atoms with E-state index < -0.39 is 0 Å². The smallest absolute Gasteiger partial charge is 0.252 e. The molecule has 0 aliphatic heterocycles. The van der Waals surface area contributed by atoms with Gasteiger partial charge in [0.15, 0.2) is 0 Å². The highest BCUT2D eigenvalue weighted by Gasteiger charge is 2.20. The molecule has 0 saturated heterocycles. The summed E-state index contributed by atoms with van der Waals surface area (Å²) in [4.78, 5) is 20.5. The fourth-order valence-electron chi connectivity index (χ4n) is 3.13. The number of aromatic nitrogens is 4. The maximum absolute atomic E-state index is 12.9. The van der Waals surface area contributed by atoms with Crippen LogP contribution in [0, 0.1) is 6.92 Å². The number of H-pyrrole nitrogens is 1.